The normalized spacial score (nSPS) is 16.1. The molecule has 0 atom stereocenters. The summed E-state index contributed by atoms with van der Waals surface area (Å²) in [5, 5.41) is 2.93. The number of nitrogens with one attached hydrogen (secondary N) is 1. The molecule has 1 saturated carbocycles. The Hall–Kier alpha value is -1.55. The van der Waals surface area contributed by atoms with Crippen molar-refractivity contribution in [3.8, 4) is 5.75 Å². The highest BCUT2D eigenvalue weighted by atomic mass is 16.5. The van der Waals surface area contributed by atoms with Crippen molar-refractivity contribution in [2.45, 2.75) is 38.1 Å². The van der Waals surface area contributed by atoms with Crippen molar-refractivity contribution >= 4 is 11.6 Å². The molecule has 0 bridgehead atoms. The molecule has 1 N–H and O–H groups in total. The summed E-state index contributed by atoms with van der Waals surface area (Å²) in [5.74, 6) is 0.712. The lowest BCUT2D eigenvalue weighted by Gasteiger charge is -2.30. The predicted octanol–water partition coefficient (Wildman–Crippen LogP) is 2.90. The number of likely N-dealkylation sites (N-methyl/N-ethyl adjacent to an activating group) is 1. The van der Waals surface area contributed by atoms with Gasteiger partial charge in [-0.15, -0.1) is 0 Å². The third-order valence-corrected chi connectivity index (χ3v) is 3.97. The van der Waals surface area contributed by atoms with Crippen LogP contribution in [0.15, 0.2) is 24.3 Å². The van der Waals surface area contributed by atoms with E-state index in [4.69, 9.17) is 4.74 Å². The Balaban J connectivity index is 1.88. The van der Waals surface area contributed by atoms with Crippen LogP contribution in [0, 0.1) is 0 Å². The number of methoxy groups -OCH3 is 1. The lowest BCUT2D eigenvalue weighted by atomic mass is 9.94. The molecule has 0 aromatic heterocycles. The first-order valence-electron chi connectivity index (χ1n) is 7.34. The third kappa shape index (κ3) is 3.97. The summed E-state index contributed by atoms with van der Waals surface area (Å²) in [7, 11) is 3.65. The van der Waals surface area contributed by atoms with Crippen LogP contribution in [-0.2, 0) is 4.79 Å². The molecule has 2 rings (SSSR count). The molecule has 0 saturated heterocycles. The van der Waals surface area contributed by atoms with Gasteiger partial charge in [-0.25, -0.2) is 0 Å². The van der Waals surface area contributed by atoms with Gasteiger partial charge in [-0.05, 0) is 32.0 Å². The number of anilines is 1. The van der Waals surface area contributed by atoms with Crippen molar-refractivity contribution < 1.29 is 9.53 Å². The van der Waals surface area contributed by atoms with Crippen molar-refractivity contribution in [2.75, 3.05) is 26.0 Å². The molecule has 1 aromatic carbocycles. The molecule has 1 aliphatic rings. The zero-order valence-electron chi connectivity index (χ0n) is 12.4. The van der Waals surface area contributed by atoms with Crippen LogP contribution in [0.5, 0.6) is 5.75 Å². The molecule has 1 amide bonds. The summed E-state index contributed by atoms with van der Waals surface area (Å²) >= 11 is 0. The first-order chi connectivity index (χ1) is 9.70. The highest BCUT2D eigenvalue weighted by molar-refractivity contribution is 5.93. The minimum Gasteiger partial charge on any atom is -0.495 e. The largest absolute Gasteiger partial charge is 0.495 e. The zero-order valence-corrected chi connectivity index (χ0v) is 12.4. The molecule has 1 aromatic rings. The first kappa shape index (κ1) is 14.9. The van der Waals surface area contributed by atoms with Crippen LogP contribution in [0.1, 0.15) is 32.1 Å². The summed E-state index contributed by atoms with van der Waals surface area (Å²) in [6.07, 6.45) is 6.31. The number of amides is 1. The Morgan fingerprint density at radius 3 is 2.70 bits per heavy atom. The van der Waals surface area contributed by atoms with E-state index in [0.717, 1.165) is 5.69 Å². The van der Waals surface area contributed by atoms with Crippen LogP contribution in [0.25, 0.3) is 0 Å². The molecule has 110 valence electrons. The summed E-state index contributed by atoms with van der Waals surface area (Å²) < 4.78 is 5.24. The lowest BCUT2D eigenvalue weighted by Crippen LogP contribution is -2.39. The molecular weight excluding hydrogens is 252 g/mol. The van der Waals surface area contributed by atoms with Crippen LogP contribution in [0.4, 0.5) is 5.69 Å². The maximum Gasteiger partial charge on any atom is 0.238 e. The fourth-order valence-corrected chi connectivity index (χ4v) is 2.82. The Morgan fingerprint density at radius 2 is 2.00 bits per heavy atom. The Bertz CT molecular complexity index is 442. The molecule has 0 radical (unpaired) electrons. The molecule has 0 heterocycles. The highest BCUT2D eigenvalue weighted by Crippen LogP contribution is 2.24. The third-order valence-electron chi connectivity index (χ3n) is 3.97. The molecule has 0 unspecified atom stereocenters. The second-order valence-electron chi connectivity index (χ2n) is 5.46. The second-order valence-corrected chi connectivity index (χ2v) is 5.46. The number of para-hydroxylation sites is 2. The number of carbonyl (C=O) groups is 1. The van der Waals surface area contributed by atoms with Crippen LogP contribution in [-0.4, -0.2) is 37.6 Å². The Morgan fingerprint density at radius 1 is 1.30 bits per heavy atom. The minimum absolute atomic E-state index is 0.0163. The van der Waals surface area contributed by atoms with E-state index in [1.165, 1.54) is 32.1 Å². The van der Waals surface area contributed by atoms with Gasteiger partial charge in [0, 0.05) is 6.04 Å². The Labute approximate surface area is 121 Å². The number of ether oxygens (including phenoxy) is 1. The standard InChI is InChI=1S/C16H24N2O2/c1-18(13-8-4-3-5-9-13)12-16(19)17-14-10-6-7-11-15(14)20-2/h6-7,10-11,13H,3-5,8-9,12H2,1-2H3,(H,17,19). The molecule has 0 spiro atoms. The van der Waals surface area contributed by atoms with E-state index in [9.17, 15) is 4.79 Å². The topological polar surface area (TPSA) is 41.6 Å². The molecule has 4 heteroatoms. The highest BCUT2D eigenvalue weighted by Gasteiger charge is 2.20. The van der Waals surface area contributed by atoms with Gasteiger partial charge in [0.25, 0.3) is 0 Å². The van der Waals surface area contributed by atoms with Gasteiger partial charge in [0.2, 0.25) is 5.91 Å². The van der Waals surface area contributed by atoms with Crippen LogP contribution in [0.3, 0.4) is 0 Å². The number of rotatable bonds is 5. The van der Waals surface area contributed by atoms with Crippen molar-refractivity contribution in [3.63, 3.8) is 0 Å². The van der Waals surface area contributed by atoms with Crippen LogP contribution < -0.4 is 10.1 Å². The first-order valence-corrected chi connectivity index (χ1v) is 7.34. The van der Waals surface area contributed by atoms with E-state index >= 15 is 0 Å². The van der Waals surface area contributed by atoms with Gasteiger partial charge in [0.1, 0.15) is 5.75 Å². The van der Waals surface area contributed by atoms with Gasteiger partial charge in [-0.1, -0.05) is 31.4 Å². The quantitative estimate of drug-likeness (QED) is 0.899. The van der Waals surface area contributed by atoms with Gasteiger partial charge in [-0.3, -0.25) is 9.69 Å². The number of hydrogen-bond acceptors (Lipinski definition) is 3. The van der Waals surface area contributed by atoms with Crippen molar-refractivity contribution in [1.82, 2.24) is 4.90 Å². The van der Waals surface area contributed by atoms with Gasteiger partial charge >= 0.3 is 0 Å². The number of benzene rings is 1. The average Bonchev–Trinajstić information content (AvgIpc) is 2.48. The van der Waals surface area contributed by atoms with E-state index in [0.29, 0.717) is 18.3 Å². The maximum atomic E-state index is 12.1. The lowest BCUT2D eigenvalue weighted by molar-refractivity contribution is -0.117. The van der Waals surface area contributed by atoms with E-state index < -0.39 is 0 Å². The second kappa shape index (κ2) is 7.29. The summed E-state index contributed by atoms with van der Waals surface area (Å²) in [6.45, 7) is 0.433. The van der Waals surface area contributed by atoms with Gasteiger partial charge in [-0.2, -0.15) is 0 Å². The summed E-state index contributed by atoms with van der Waals surface area (Å²) in [5.41, 5.74) is 0.733. The summed E-state index contributed by atoms with van der Waals surface area (Å²) in [6, 6.07) is 8.04. The van der Waals surface area contributed by atoms with E-state index in [-0.39, 0.29) is 5.91 Å². The van der Waals surface area contributed by atoms with Crippen molar-refractivity contribution in [3.05, 3.63) is 24.3 Å². The van der Waals surface area contributed by atoms with Gasteiger partial charge < -0.3 is 10.1 Å². The fourth-order valence-electron chi connectivity index (χ4n) is 2.82. The molecule has 4 nitrogen and oxygen atoms in total. The molecule has 1 fully saturated rings. The van der Waals surface area contributed by atoms with Crippen molar-refractivity contribution in [1.29, 1.82) is 0 Å². The monoisotopic (exact) mass is 276 g/mol. The van der Waals surface area contributed by atoms with Crippen LogP contribution in [0.2, 0.25) is 0 Å². The number of hydrogen-bond donors (Lipinski definition) is 1. The Kier molecular flexibility index (Phi) is 5.41. The molecule has 1 aliphatic carbocycles. The average molecular weight is 276 g/mol. The summed E-state index contributed by atoms with van der Waals surface area (Å²) in [4.78, 5) is 14.3. The smallest absolute Gasteiger partial charge is 0.238 e. The van der Waals surface area contributed by atoms with E-state index in [2.05, 4.69) is 10.2 Å². The zero-order chi connectivity index (χ0) is 14.4. The molecular formula is C16H24N2O2. The predicted molar refractivity (Wildman–Crippen MR) is 81.1 cm³/mol. The number of carbonyl (C=O) groups excluding carboxylic acids is 1. The van der Waals surface area contributed by atoms with E-state index in [1.807, 2.05) is 31.3 Å². The van der Waals surface area contributed by atoms with Crippen LogP contribution >= 0.6 is 0 Å². The minimum atomic E-state index is 0.0163. The van der Waals surface area contributed by atoms with Crippen molar-refractivity contribution in [2.24, 2.45) is 0 Å². The van der Waals surface area contributed by atoms with Gasteiger partial charge in [0.15, 0.2) is 0 Å². The SMILES string of the molecule is COc1ccccc1NC(=O)CN(C)C1CCCCC1. The van der Waals surface area contributed by atoms with Gasteiger partial charge in [0.05, 0.1) is 19.3 Å². The fraction of sp³-hybridized carbons (Fsp3) is 0.562. The molecule has 20 heavy (non-hydrogen) atoms. The molecule has 0 aliphatic heterocycles. The number of nitrogens with zero attached hydrogens (tertiary/aromatic N) is 1. The maximum absolute atomic E-state index is 12.1. The van der Waals surface area contributed by atoms with E-state index in [1.54, 1.807) is 7.11 Å².